The number of hydrogen-bond acceptors (Lipinski definition) is 7. The molecule has 0 saturated heterocycles. The first kappa shape index (κ1) is 22.0. The summed E-state index contributed by atoms with van der Waals surface area (Å²) in [6, 6.07) is 10.3. The molecule has 1 atom stereocenters. The Bertz CT molecular complexity index is 1040. The SMILES string of the molecule is Cc1cc(Nc2cc(CC(=O)c3c(Cl)cccc3Cl)ccn2)nc(NCC(C)O)n1. The van der Waals surface area contributed by atoms with E-state index in [1.54, 1.807) is 49.5 Å². The number of carbonyl (C=O) groups is 1. The standard InChI is InChI=1S/C21H21Cl2N5O2/c1-12-8-19(28-21(26-12)25-11-13(2)29)27-18-10-14(6-7-24-18)9-17(30)20-15(22)4-3-5-16(20)23/h3-8,10,13,29H,9,11H2,1-2H3,(H2,24,25,26,27,28). The maximum absolute atomic E-state index is 12.7. The minimum atomic E-state index is -0.520. The normalized spacial score (nSPS) is 11.8. The van der Waals surface area contributed by atoms with Gasteiger partial charge in [-0.1, -0.05) is 29.3 Å². The minimum Gasteiger partial charge on any atom is -0.392 e. The predicted octanol–water partition coefficient (Wildman–Crippen LogP) is 4.45. The lowest BCUT2D eigenvalue weighted by Crippen LogP contribution is -2.17. The summed E-state index contributed by atoms with van der Waals surface area (Å²) < 4.78 is 0. The van der Waals surface area contributed by atoms with Gasteiger partial charge in [0.1, 0.15) is 11.6 Å². The molecule has 30 heavy (non-hydrogen) atoms. The van der Waals surface area contributed by atoms with Crippen LogP contribution in [0.3, 0.4) is 0 Å². The average Bonchev–Trinajstić information content (AvgIpc) is 2.66. The number of hydrogen-bond donors (Lipinski definition) is 3. The van der Waals surface area contributed by atoms with E-state index in [0.29, 0.717) is 39.7 Å². The largest absolute Gasteiger partial charge is 0.392 e. The average molecular weight is 446 g/mol. The zero-order chi connectivity index (χ0) is 21.7. The number of halogens is 2. The van der Waals surface area contributed by atoms with E-state index < -0.39 is 6.10 Å². The fraction of sp³-hybridized carbons (Fsp3) is 0.238. The molecule has 7 nitrogen and oxygen atoms in total. The Morgan fingerprint density at radius 2 is 1.87 bits per heavy atom. The number of anilines is 3. The van der Waals surface area contributed by atoms with E-state index in [4.69, 9.17) is 23.2 Å². The highest BCUT2D eigenvalue weighted by Crippen LogP contribution is 2.26. The first-order chi connectivity index (χ1) is 14.3. The van der Waals surface area contributed by atoms with E-state index in [1.807, 2.05) is 6.92 Å². The van der Waals surface area contributed by atoms with E-state index in [1.165, 1.54) is 0 Å². The van der Waals surface area contributed by atoms with Crippen molar-refractivity contribution in [1.82, 2.24) is 15.0 Å². The molecule has 3 N–H and O–H groups in total. The Hall–Kier alpha value is -2.74. The number of nitrogens with one attached hydrogen (secondary N) is 2. The molecule has 3 aromatic rings. The molecule has 156 valence electrons. The van der Waals surface area contributed by atoms with Gasteiger partial charge in [0.25, 0.3) is 0 Å². The fourth-order valence-corrected chi connectivity index (χ4v) is 3.38. The van der Waals surface area contributed by atoms with Crippen molar-refractivity contribution in [3.05, 3.63) is 69.5 Å². The van der Waals surface area contributed by atoms with Crippen molar-refractivity contribution < 1.29 is 9.90 Å². The first-order valence-corrected chi connectivity index (χ1v) is 10.0. The summed E-state index contributed by atoms with van der Waals surface area (Å²) in [6.45, 7) is 3.86. The number of Topliss-reactive ketones (excluding diaryl/α,β-unsaturated/α-hetero) is 1. The molecule has 0 saturated carbocycles. The minimum absolute atomic E-state index is 0.130. The van der Waals surface area contributed by atoms with Gasteiger partial charge in [-0.15, -0.1) is 0 Å². The molecule has 0 radical (unpaired) electrons. The Kier molecular flexibility index (Phi) is 7.20. The fourth-order valence-electron chi connectivity index (χ4n) is 2.77. The maximum atomic E-state index is 12.7. The topological polar surface area (TPSA) is 100 Å². The molecule has 0 spiro atoms. The number of aryl methyl sites for hydroxylation is 1. The van der Waals surface area contributed by atoms with E-state index in [-0.39, 0.29) is 12.2 Å². The summed E-state index contributed by atoms with van der Waals surface area (Å²) in [7, 11) is 0. The van der Waals surface area contributed by atoms with Crippen molar-refractivity contribution in [2.75, 3.05) is 17.2 Å². The van der Waals surface area contributed by atoms with Crippen molar-refractivity contribution in [2.45, 2.75) is 26.4 Å². The van der Waals surface area contributed by atoms with Crippen molar-refractivity contribution in [2.24, 2.45) is 0 Å². The highest BCUT2D eigenvalue weighted by Gasteiger charge is 2.15. The second kappa shape index (κ2) is 9.84. The third-order valence-electron chi connectivity index (χ3n) is 4.10. The van der Waals surface area contributed by atoms with Crippen molar-refractivity contribution >= 4 is 46.6 Å². The number of aliphatic hydroxyl groups is 1. The highest BCUT2D eigenvalue weighted by atomic mass is 35.5. The predicted molar refractivity (Wildman–Crippen MR) is 119 cm³/mol. The molecule has 0 amide bonds. The van der Waals surface area contributed by atoms with Crippen LogP contribution in [-0.2, 0) is 6.42 Å². The van der Waals surface area contributed by atoms with Gasteiger partial charge >= 0.3 is 0 Å². The Morgan fingerprint density at radius 1 is 1.13 bits per heavy atom. The maximum Gasteiger partial charge on any atom is 0.224 e. The number of aromatic nitrogens is 3. The number of aliphatic hydroxyl groups excluding tert-OH is 1. The number of ketones is 1. The number of carbonyl (C=O) groups excluding carboxylic acids is 1. The Morgan fingerprint density at radius 3 is 2.57 bits per heavy atom. The van der Waals surface area contributed by atoms with Crippen molar-refractivity contribution in [3.63, 3.8) is 0 Å². The molecule has 0 bridgehead atoms. The summed E-state index contributed by atoms with van der Waals surface area (Å²) >= 11 is 12.3. The van der Waals surface area contributed by atoms with Crippen LogP contribution in [0, 0.1) is 6.92 Å². The molecule has 9 heteroatoms. The summed E-state index contributed by atoms with van der Waals surface area (Å²) in [5, 5.41) is 16.2. The smallest absolute Gasteiger partial charge is 0.224 e. The second-order valence-corrected chi connectivity index (χ2v) is 7.63. The number of benzene rings is 1. The third-order valence-corrected chi connectivity index (χ3v) is 4.73. The van der Waals surface area contributed by atoms with Crippen LogP contribution in [0.2, 0.25) is 10.0 Å². The third kappa shape index (κ3) is 5.89. The molecule has 3 rings (SSSR count). The van der Waals surface area contributed by atoms with Crippen LogP contribution in [0.1, 0.15) is 28.5 Å². The quantitative estimate of drug-likeness (QED) is 0.440. The number of nitrogens with zero attached hydrogens (tertiary/aromatic N) is 3. The van der Waals surface area contributed by atoms with Crippen molar-refractivity contribution in [1.29, 1.82) is 0 Å². The molecule has 0 fully saturated rings. The van der Waals surface area contributed by atoms with E-state index in [9.17, 15) is 9.90 Å². The van der Waals surface area contributed by atoms with E-state index in [2.05, 4.69) is 25.6 Å². The van der Waals surface area contributed by atoms with Crippen LogP contribution < -0.4 is 10.6 Å². The van der Waals surface area contributed by atoms with Crippen LogP contribution in [-0.4, -0.2) is 38.5 Å². The van der Waals surface area contributed by atoms with Crippen LogP contribution in [0.25, 0.3) is 0 Å². The van der Waals surface area contributed by atoms with Crippen LogP contribution in [0.4, 0.5) is 17.6 Å². The molecule has 0 aliphatic heterocycles. The molecular formula is C21H21Cl2N5O2. The zero-order valence-electron chi connectivity index (χ0n) is 16.5. The highest BCUT2D eigenvalue weighted by molar-refractivity contribution is 6.39. The number of pyridine rings is 1. The molecule has 0 aliphatic carbocycles. The molecule has 1 unspecified atom stereocenters. The van der Waals surface area contributed by atoms with Gasteiger partial charge in [-0.2, -0.15) is 4.98 Å². The van der Waals surface area contributed by atoms with Gasteiger partial charge in [0.15, 0.2) is 5.78 Å². The first-order valence-electron chi connectivity index (χ1n) is 9.28. The molecule has 1 aromatic carbocycles. The van der Waals surface area contributed by atoms with Gasteiger partial charge in [0.05, 0.1) is 21.7 Å². The lowest BCUT2D eigenvalue weighted by atomic mass is 10.0. The van der Waals surface area contributed by atoms with Crippen molar-refractivity contribution in [3.8, 4) is 0 Å². The molecule has 2 heterocycles. The monoisotopic (exact) mass is 445 g/mol. The second-order valence-electron chi connectivity index (χ2n) is 6.82. The molecule has 0 aliphatic rings. The van der Waals surface area contributed by atoms with Gasteiger partial charge in [-0.3, -0.25) is 4.79 Å². The lowest BCUT2D eigenvalue weighted by Gasteiger charge is -2.11. The summed E-state index contributed by atoms with van der Waals surface area (Å²) in [5.41, 5.74) is 1.82. The molecular weight excluding hydrogens is 425 g/mol. The van der Waals surface area contributed by atoms with Gasteiger partial charge in [0.2, 0.25) is 5.95 Å². The lowest BCUT2D eigenvalue weighted by molar-refractivity contribution is 0.0993. The van der Waals surface area contributed by atoms with E-state index in [0.717, 1.165) is 11.3 Å². The van der Waals surface area contributed by atoms with E-state index >= 15 is 0 Å². The summed E-state index contributed by atoms with van der Waals surface area (Å²) in [5.74, 6) is 1.30. The van der Waals surface area contributed by atoms with Gasteiger partial charge < -0.3 is 15.7 Å². The Labute approximate surface area is 184 Å². The van der Waals surface area contributed by atoms with Gasteiger partial charge in [-0.25, -0.2) is 9.97 Å². The summed E-state index contributed by atoms with van der Waals surface area (Å²) in [6.07, 6.45) is 1.22. The van der Waals surface area contributed by atoms with Crippen LogP contribution >= 0.6 is 23.2 Å². The zero-order valence-corrected chi connectivity index (χ0v) is 18.0. The Balaban J connectivity index is 1.75. The number of rotatable bonds is 8. The van der Waals surface area contributed by atoms with Gasteiger partial charge in [-0.05, 0) is 43.7 Å². The van der Waals surface area contributed by atoms with Gasteiger partial charge in [0, 0.05) is 30.9 Å². The molecule has 2 aromatic heterocycles. The summed E-state index contributed by atoms with van der Waals surface area (Å²) in [4.78, 5) is 25.6. The van der Waals surface area contributed by atoms with Crippen LogP contribution in [0.5, 0.6) is 0 Å². The van der Waals surface area contributed by atoms with Crippen LogP contribution in [0.15, 0.2) is 42.6 Å².